The molecule has 6 heteroatoms. The Morgan fingerprint density at radius 1 is 0.788 bits per heavy atom. The summed E-state index contributed by atoms with van der Waals surface area (Å²) in [5, 5.41) is 3.73. The zero-order valence-corrected chi connectivity index (χ0v) is 20.7. The Labute approximate surface area is 210 Å². The summed E-state index contributed by atoms with van der Waals surface area (Å²) in [6, 6.07) is 27.7. The number of nitrogens with zero attached hydrogens (tertiary/aromatic N) is 1. The number of benzene rings is 3. The first-order valence-corrected chi connectivity index (χ1v) is 11.1. The van der Waals surface area contributed by atoms with Crippen molar-refractivity contribution in [2.75, 3.05) is 20.2 Å². The maximum atomic E-state index is 5.97. The number of ether oxygens (including phenoxy) is 2. The monoisotopic (exact) mass is 488 g/mol. The van der Waals surface area contributed by atoms with Crippen LogP contribution in [0.5, 0.6) is 11.5 Å². The van der Waals surface area contributed by atoms with E-state index in [0.29, 0.717) is 12.6 Å². The van der Waals surface area contributed by atoms with Gasteiger partial charge in [-0.05, 0) is 54.8 Å². The summed E-state index contributed by atoms with van der Waals surface area (Å²) in [6.45, 7) is 4.72. The summed E-state index contributed by atoms with van der Waals surface area (Å²) < 4.78 is 11.6. The number of nitrogens with one attached hydrogen (secondary N) is 1. The molecular formula is C27H34Cl2N2O2. The maximum absolute atomic E-state index is 5.97. The quantitative estimate of drug-likeness (QED) is 0.408. The number of hydrogen-bond donors (Lipinski definition) is 1. The van der Waals surface area contributed by atoms with Gasteiger partial charge in [-0.15, -0.1) is 24.8 Å². The van der Waals surface area contributed by atoms with Crippen LogP contribution in [-0.2, 0) is 19.7 Å². The van der Waals surface area contributed by atoms with Gasteiger partial charge in [-0.3, -0.25) is 4.90 Å². The zero-order valence-electron chi connectivity index (χ0n) is 19.1. The molecule has 1 N–H and O–H groups in total. The van der Waals surface area contributed by atoms with Crippen LogP contribution >= 0.6 is 24.8 Å². The highest BCUT2D eigenvalue weighted by Crippen LogP contribution is 2.29. The molecule has 4 nitrogen and oxygen atoms in total. The van der Waals surface area contributed by atoms with Gasteiger partial charge in [0.2, 0.25) is 0 Å². The van der Waals surface area contributed by atoms with E-state index in [-0.39, 0.29) is 24.8 Å². The summed E-state index contributed by atoms with van der Waals surface area (Å²) in [6.07, 6.45) is 2.37. The van der Waals surface area contributed by atoms with Gasteiger partial charge in [0.15, 0.2) is 11.5 Å². The molecule has 0 bridgehead atoms. The van der Waals surface area contributed by atoms with E-state index >= 15 is 0 Å². The van der Waals surface area contributed by atoms with Gasteiger partial charge < -0.3 is 14.8 Å². The number of rotatable bonds is 9. The second-order valence-corrected chi connectivity index (χ2v) is 8.18. The van der Waals surface area contributed by atoms with Crippen molar-refractivity contribution in [3.63, 3.8) is 0 Å². The van der Waals surface area contributed by atoms with Gasteiger partial charge >= 0.3 is 0 Å². The fourth-order valence-electron chi connectivity index (χ4n) is 4.08. The molecule has 0 unspecified atom stereocenters. The van der Waals surface area contributed by atoms with Crippen molar-refractivity contribution < 1.29 is 9.47 Å². The van der Waals surface area contributed by atoms with E-state index < -0.39 is 0 Å². The molecule has 3 aromatic carbocycles. The molecule has 1 saturated heterocycles. The second kappa shape index (κ2) is 14.1. The largest absolute Gasteiger partial charge is 0.493 e. The maximum Gasteiger partial charge on any atom is 0.161 e. The molecule has 4 rings (SSSR count). The van der Waals surface area contributed by atoms with Crippen LogP contribution in [0.1, 0.15) is 29.5 Å². The Morgan fingerprint density at radius 3 is 2.06 bits per heavy atom. The highest BCUT2D eigenvalue weighted by atomic mass is 35.5. The fourth-order valence-corrected chi connectivity index (χ4v) is 4.08. The molecule has 1 aliphatic rings. The van der Waals surface area contributed by atoms with Gasteiger partial charge in [-0.2, -0.15) is 0 Å². The van der Waals surface area contributed by atoms with Crippen molar-refractivity contribution in [3.8, 4) is 11.5 Å². The standard InChI is InChI=1S/C27H32N2O2.2ClH/c1-30-27-18-24(12-13-26(27)31-21-23-10-6-3-7-11-23)19-28-25-14-16-29(17-15-25)20-22-8-4-2-5-9-22;;/h2-13,18,25,28H,14-17,19-21H2,1H3;2*1H. The van der Waals surface area contributed by atoms with Crippen molar-refractivity contribution in [1.82, 2.24) is 10.2 Å². The molecule has 0 aliphatic carbocycles. The van der Waals surface area contributed by atoms with E-state index in [2.05, 4.69) is 64.8 Å². The third kappa shape index (κ3) is 8.24. The highest BCUT2D eigenvalue weighted by Gasteiger charge is 2.19. The summed E-state index contributed by atoms with van der Waals surface area (Å²) >= 11 is 0. The first-order valence-electron chi connectivity index (χ1n) is 11.1. The smallest absolute Gasteiger partial charge is 0.161 e. The second-order valence-electron chi connectivity index (χ2n) is 8.18. The molecule has 0 aromatic heterocycles. The van der Waals surface area contributed by atoms with E-state index in [0.717, 1.165) is 43.2 Å². The minimum Gasteiger partial charge on any atom is -0.493 e. The lowest BCUT2D eigenvalue weighted by molar-refractivity contribution is 0.190. The lowest BCUT2D eigenvalue weighted by atomic mass is 10.0. The van der Waals surface area contributed by atoms with Gasteiger partial charge in [0, 0.05) is 19.1 Å². The minimum atomic E-state index is 0. The molecule has 0 saturated carbocycles. The van der Waals surface area contributed by atoms with Crippen molar-refractivity contribution in [2.45, 2.75) is 38.6 Å². The van der Waals surface area contributed by atoms with Crippen LogP contribution in [-0.4, -0.2) is 31.1 Å². The lowest BCUT2D eigenvalue weighted by Gasteiger charge is -2.32. The summed E-state index contributed by atoms with van der Waals surface area (Å²) in [7, 11) is 1.70. The van der Waals surface area contributed by atoms with E-state index in [1.165, 1.54) is 24.0 Å². The van der Waals surface area contributed by atoms with Gasteiger partial charge in [0.05, 0.1) is 7.11 Å². The molecule has 0 atom stereocenters. The topological polar surface area (TPSA) is 33.7 Å². The number of piperidine rings is 1. The number of hydrogen-bond acceptors (Lipinski definition) is 4. The van der Waals surface area contributed by atoms with E-state index in [1.807, 2.05) is 24.3 Å². The first-order chi connectivity index (χ1) is 15.3. The predicted octanol–water partition coefficient (Wildman–Crippen LogP) is 5.87. The molecule has 1 fully saturated rings. The van der Waals surface area contributed by atoms with E-state index in [4.69, 9.17) is 9.47 Å². The Kier molecular flexibility index (Phi) is 11.6. The molecule has 178 valence electrons. The van der Waals surface area contributed by atoms with E-state index in [9.17, 15) is 0 Å². The van der Waals surface area contributed by atoms with Crippen LogP contribution in [0.2, 0.25) is 0 Å². The summed E-state index contributed by atoms with van der Waals surface area (Å²) in [5.41, 5.74) is 3.76. The number of likely N-dealkylation sites (tertiary alicyclic amines) is 1. The Hall–Kier alpha value is -2.24. The van der Waals surface area contributed by atoms with Crippen LogP contribution < -0.4 is 14.8 Å². The molecule has 0 radical (unpaired) electrons. The van der Waals surface area contributed by atoms with Gasteiger partial charge in [0.1, 0.15) is 6.61 Å². The lowest BCUT2D eigenvalue weighted by Crippen LogP contribution is -2.41. The Balaban J connectivity index is 0.00000193. The average Bonchev–Trinajstić information content (AvgIpc) is 2.84. The highest BCUT2D eigenvalue weighted by molar-refractivity contribution is 5.85. The summed E-state index contributed by atoms with van der Waals surface area (Å²) in [4.78, 5) is 2.55. The van der Waals surface area contributed by atoms with Gasteiger partial charge in [-0.25, -0.2) is 0 Å². The molecule has 1 aliphatic heterocycles. The molecule has 3 aromatic rings. The van der Waals surface area contributed by atoms with Crippen LogP contribution in [0.4, 0.5) is 0 Å². The van der Waals surface area contributed by atoms with Crippen molar-refractivity contribution >= 4 is 24.8 Å². The molecule has 1 heterocycles. The van der Waals surface area contributed by atoms with Crippen LogP contribution in [0.25, 0.3) is 0 Å². The first kappa shape index (κ1) is 27.0. The Bertz CT molecular complexity index is 933. The summed E-state index contributed by atoms with van der Waals surface area (Å²) in [5.74, 6) is 1.57. The molecule has 33 heavy (non-hydrogen) atoms. The van der Waals surface area contributed by atoms with E-state index in [1.54, 1.807) is 7.11 Å². The minimum absolute atomic E-state index is 0. The van der Waals surface area contributed by atoms with Crippen LogP contribution in [0.15, 0.2) is 78.9 Å². The Morgan fingerprint density at radius 2 is 1.42 bits per heavy atom. The SMILES string of the molecule is COc1cc(CNC2CCN(Cc3ccccc3)CC2)ccc1OCc1ccccc1.Cl.Cl. The van der Waals surface area contributed by atoms with Gasteiger partial charge in [0.25, 0.3) is 0 Å². The third-order valence-electron chi connectivity index (χ3n) is 5.90. The molecular weight excluding hydrogens is 455 g/mol. The van der Waals surface area contributed by atoms with Crippen LogP contribution in [0.3, 0.4) is 0 Å². The predicted molar refractivity (Wildman–Crippen MR) is 140 cm³/mol. The normalized spacial score (nSPS) is 14.1. The number of methoxy groups -OCH3 is 1. The van der Waals surface area contributed by atoms with Crippen molar-refractivity contribution in [1.29, 1.82) is 0 Å². The number of halogens is 2. The molecule has 0 amide bonds. The van der Waals surface area contributed by atoms with Crippen molar-refractivity contribution in [2.24, 2.45) is 0 Å². The average molecular weight is 489 g/mol. The fraction of sp³-hybridized carbons (Fsp3) is 0.333. The van der Waals surface area contributed by atoms with Crippen LogP contribution in [0, 0.1) is 0 Å². The van der Waals surface area contributed by atoms with Crippen molar-refractivity contribution in [3.05, 3.63) is 95.6 Å². The third-order valence-corrected chi connectivity index (χ3v) is 5.90. The zero-order chi connectivity index (χ0) is 21.3. The van der Waals surface area contributed by atoms with Gasteiger partial charge in [-0.1, -0.05) is 66.7 Å². The molecule has 0 spiro atoms.